The predicted octanol–water partition coefficient (Wildman–Crippen LogP) is 4.18. The van der Waals surface area contributed by atoms with Crippen LogP contribution in [0.5, 0.6) is 11.5 Å². The van der Waals surface area contributed by atoms with E-state index in [0.29, 0.717) is 45.1 Å². The van der Waals surface area contributed by atoms with E-state index < -0.39 is 0 Å². The highest BCUT2D eigenvalue weighted by Crippen LogP contribution is 2.38. The van der Waals surface area contributed by atoms with Gasteiger partial charge in [0.2, 0.25) is 0 Å². The topological polar surface area (TPSA) is 95.8 Å². The van der Waals surface area contributed by atoms with Gasteiger partial charge in [0.15, 0.2) is 18.1 Å². The summed E-state index contributed by atoms with van der Waals surface area (Å²) < 4.78 is 25.1. The van der Waals surface area contributed by atoms with Gasteiger partial charge in [0.05, 0.1) is 29.4 Å². The van der Waals surface area contributed by atoms with E-state index in [2.05, 4.69) is 20.3 Å². The fourth-order valence-electron chi connectivity index (χ4n) is 3.43. The Morgan fingerprint density at radius 2 is 2.03 bits per heavy atom. The summed E-state index contributed by atoms with van der Waals surface area (Å²) in [5.41, 5.74) is 3.37. The van der Waals surface area contributed by atoms with Crippen LogP contribution in [-0.2, 0) is 0 Å². The Morgan fingerprint density at radius 1 is 1.21 bits per heavy atom. The van der Waals surface area contributed by atoms with E-state index in [-0.39, 0.29) is 12.4 Å². The maximum atomic E-state index is 14.2. The van der Waals surface area contributed by atoms with Crippen LogP contribution in [0.25, 0.3) is 33.2 Å². The molecule has 0 bridgehead atoms. The normalized spacial score (nSPS) is 10.9. The molecule has 0 saturated carbocycles. The molecule has 0 spiro atoms. The second-order valence-electron chi connectivity index (χ2n) is 6.41. The van der Waals surface area contributed by atoms with Crippen molar-refractivity contribution >= 4 is 27.6 Å². The Bertz CT molecular complexity index is 1280. The lowest BCUT2D eigenvalue weighted by Gasteiger charge is -2.11. The molecule has 4 rings (SSSR count). The molecular formula is C21H18FN5O2. The van der Waals surface area contributed by atoms with Crippen molar-refractivity contribution < 1.29 is 13.9 Å². The third kappa shape index (κ3) is 3.17. The Kier molecular flexibility index (Phi) is 4.64. The van der Waals surface area contributed by atoms with Gasteiger partial charge in [0.25, 0.3) is 0 Å². The van der Waals surface area contributed by atoms with E-state index >= 15 is 0 Å². The summed E-state index contributed by atoms with van der Waals surface area (Å²) >= 11 is 0. The first-order valence-corrected chi connectivity index (χ1v) is 8.91. The van der Waals surface area contributed by atoms with E-state index in [0.717, 1.165) is 11.1 Å². The molecule has 0 amide bonds. The number of methoxy groups -OCH3 is 1. The zero-order valence-corrected chi connectivity index (χ0v) is 16.1. The molecule has 0 fully saturated rings. The fraction of sp³-hybridized carbons (Fsp3) is 0.190. The average molecular weight is 391 g/mol. The van der Waals surface area contributed by atoms with E-state index in [1.165, 1.54) is 19.2 Å². The zero-order valence-electron chi connectivity index (χ0n) is 16.1. The Labute approximate surface area is 166 Å². The second-order valence-corrected chi connectivity index (χ2v) is 6.41. The molecule has 4 aromatic rings. The molecule has 29 heavy (non-hydrogen) atoms. The first kappa shape index (κ1) is 18.5. The van der Waals surface area contributed by atoms with Gasteiger partial charge in [-0.05, 0) is 37.3 Å². The van der Waals surface area contributed by atoms with Crippen LogP contribution in [0.4, 0.5) is 10.1 Å². The molecule has 8 heteroatoms. The summed E-state index contributed by atoms with van der Waals surface area (Å²) in [6.45, 7) is 1.69. The highest BCUT2D eigenvalue weighted by atomic mass is 19.1. The Balaban J connectivity index is 2.02. The van der Waals surface area contributed by atoms with E-state index in [4.69, 9.17) is 14.7 Å². The van der Waals surface area contributed by atoms with Crippen LogP contribution >= 0.6 is 0 Å². The smallest absolute Gasteiger partial charge is 0.174 e. The number of nitrogens with zero attached hydrogens (tertiary/aromatic N) is 3. The molecule has 0 aliphatic heterocycles. The minimum Gasteiger partial charge on any atom is -0.493 e. The standard InChI is InChI=1S/C21H18FN5O2/c1-11-25-19(12-4-5-16(28-3)17(8-12)29-7-6-23)18-14-9-13(22)10-15(24-2)20(14)27-21(18)26-11/h4-5,8-10,24H,7H2,1-3H3,(H,25,26,27). The number of hydrogen-bond acceptors (Lipinski definition) is 6. The summed E-state index contributed by atoms with van der Waals surface area (Å²) in [6, 6.07) is 10.2. The van der Waals surface area contributed by atoms with Crippen molar-refractivity contribution in [1.29, 1.82) is 5.26 Å². The number of hydrogen-bond donors (Lipinski definition) is 2. The van der Waals surface area contributed by atoms with Crippen molar-refractivity contribution in [2.24, 2.45) is 0 Å². The molecule has 2 aromatic carbocycles. The number of aromatic nitrogens is 3. The highest BCUT2D eigenvalue weighted by molar-refractivity contribution is 6.15. The molecule has 0 unspecified atom stereocenters. The van der Waals surface area contributed by atoms with Gasteiger partial charge in [-0.1, -0.05) is 0 Å². The zero-order chi connectivity index (χ0) is 20.5. The molecule has 7 nitrogen and oxygen atoms in total. The number of fused-ring (bicyclic) bond motifs is 3. The van der Waals surface area contributed by atoms with Gasteiger partial charge < -0.3 is 19.8 Å². The van der Waals surface area contributed by atoms with Gasteiger partial charge in [-0.2, -0.15) is 5.26 Å². The lowest BCUT2D eigenvalue weighted by Crippen LogP contribution is -1.98. The quantitative estimate of drug-likeness (QED) is 0.530. The van der Waals surface area contributed by atoms with Crippen molar-refractivity contribution in [2.75, 3.05) is 26.1 Å². The number of nitriles is 1. The van der Waals surface area contributed by atoms with E-state index in [9.17, 15) is 4.39 Å². The molecule has 2 heterocycles. The molecule has 0 atom stereocenters. The number of nitrogens with one attached hydrogen (secondary N) is 2. The third-order valence-corrected chi connectivity index (χ3v) is 4.64. The van der Waals surface area contributed by atoms with Crippen molar-refractivity contribution in [3.8, 4) is 28.8 Å². The van der Waals surface area contributed by atoms with Crippen molar-refractivity contribution in [1.82, 2.24) is 15.0 Å². The lowest BCUT2D eigenvalue weighted by molar-refractivity contribution is 0.330. The number of anilines is 1. The summed E-state index contributed by atoms with van der Waals surface area (Å²) in [5.74, 6) is 1.15. The molecule has 146 valence electrons. The molecule has 2 N–H and O–H groups in total. The molecule has 0 aliphatic carbocycles. The SMILES string of the molecule is CNc1cc(F)cc2c1[nH]c1nc(C)nc(-c3ccc(OC)c(OCC#N)c3)c12. The average Bonchev–Trinajstić information content (AvgIpc) is 3.08. The van der Waals surface area contributed by atoms with Crippen molar-refractivity contribution in [3.05, 3.63) is 42.0 Å². The summed E-state index contributed by atoms with van der Waals surface area (Å²) in [5, 5.41) is 13.2. The van der Waals surface area contributed by atoms with Crippen LogP contribution in [0.15, 0.2) is 30.3 Å². The van der Waals surface area contributed by atoms with Crippen LogP contribution < -0.4 is 14.8 Å². The van der Waals surface area contributed by atoms with Gasteiger partial charge >= 0.3 is 0 Å². The monoisotopic (exact) mass is 391 g/mol. The maximum absolute atomic E-state index is 14.2. The number of benzene rings is 2. The minimum atomic E-state index is -0.359. The number of rotatable bonds is 5. The molecule has 0 saturated heterocycles. The van der Waals surface area contributed by atoms with Crippen molar-refractivity contribution in [3.63, 3.8) is 0 Å². The Morgan fingerprint density at radius 3 is 2.76 bits per heavy atom. The number of ether oxygens (including phenoxy) is 2. The molecule has 2 aromatic heterocycles. The number of halogens is 1. The van der Waals surface area contributed by atoms with Crippen LogP contribution in [0, 0.1) is 24.1 Å². The summed E-state index contributed by atoms with van der Waals surface area (Å²) in [6.07, 6.45) is 0. The first-order chi connectivity index (χ1) is 14.0. The molecule has 0 radical (unpaired) electrons. The van der Waals surface area contributed by atoms with E-state index in [1.807, 2.05) is 12.1 Å². The van der Waals surface area contributed by atoms with Gasteiger partial charge in [-0.3, -0.25) is 0 Å². The number of H-pyrrole nitrogens is 1. The highest BCUT2D eigenvalue weighted by Gasteiger charge is 2.18. The fourth-order valence-corrected chi connectivity index (χ4v) is 3.43. The summed E-state index contributed by atoms with van der Waals surface area (Å²) in [7, 11) is 3.27. The third-order valence-electron chi connectivity index (χ3n) is 4.64. The molecular weight excluding hydrogens is 373 g/mol. The van der Waals surface area contributed by atoms with Gasteiger partial charge in [-0.15, -0.1) is 0 Å². The Hall–Kier alpha value is -3.86. The van der Waals surface area contributed by atoms with Crippen molar-refractivity contribution in [2.45, 2.75) is 6.92 Å². The van der Waals surface area contributed by atoms with E-state index in [1.54, 1.807) is 26.1 Å². The van der Waals surface area contributed by atoms with Gasteiger partial charge in [0.1, 0.15) is 23.4 Å². The maximum Gasteiger partial charge on any atom is 0.174 e. The largest absolute Gasteiger partial charge is 0.493 e. The van der Waals surface area contributed by atoms with Gasteiger partial charge in [0, 0.05) is 18.0 Å². The predicted molar refractivity (Wildman–Crippen MR) is 109 cm³/mol. The van der Waals surface area contributed by atoms with Crippen LogP contribution in [0.1, 0.15) is 5.82 Å². The number of aromatic amines is 1. The van der Waals surface area contributed by atoms with Gasteiger partial charge in [-0.25, -0.2) is 14.4 Å². The minimum absolute atomic E-state index is 0.109. The van der Waals surface area contributed by atoms with Crippen LogP contribution in [0.2, 0.25) is 0 Å². The lowest BCUT2D eigenvalue weighted by atomic mass is 10.0. The second kappa shape index (κ2) is 7.28. The van der Waals surface area contributed by atoms with Crippen LogP contribution in [-0.4, -0.2) is 35.7 Å². The number of aryl methyl sites for hydroxylation is 1. The molecule has 0 aliphatic rings. The first-order valence-electron chi connectivity index (χ1n) is 8.91. The summed E-state index contributed by atoms with van der Waals surface area (Å²) in [4.78, 5) is 12.4. The van der Waals surface area contributed by atoms with Crippen LogP contribution in [0.3, 0.4) is 0 Å².